The third kappa shape index (κ3) is 8.68. The Labute approximate surface area is 232 Å². The van der Waals surface area contributed by atoms with Gasteiger partial charge < -0.3 is 20.7 Å². The number of likely N-dealkylation sites (N-methyl/N-ethyl adjacent to an activating group) is 1. The average Bonchev–Trinajstić information content (AvgIpc) is 2.89. The maximum atomic E-state index is 13.9. The van der Waals surface area contributed by atoms with Crippen molar-refractivity contribution >= 4 is 23.8 Å². The zero-order chi connectivity index (χ0) is 28.5. The number of fused-ring (bicyclic) bond motifs is 10. The van der Waals surface area contributed by atoms with Gasteiger partial charge in [0.1, 0.15) is 23.9 Å². The first-order valence-electron chi connectivity index (χ1n) is 13.6. The molecule has 4 rings (SSSR count). The quantitative estimate of drug-likeness (QED) is 0.482. The molecule has 210 valence electrons. The van der Waals surface area contributed by atoms with Crippen molar-refractivity contribution in [2.75, 3.05) is 14.1 Å². The van der Waals surface area contributed by atoms with E-state index in [1.807, 2.05) is 87.4 Å². The van der Waals surface area contributed by atoms with E-state index in [0.29, 0.717) is 18.6 Å². The van der Waals surface area contributed by atoms with Crippen molar-refractivity contribution in [2.45, 2.75) is 64.8 Å². The monoisotopic (exact) mass is 534 g/mol. The lowest BCUT2D eigenvalue weighted by atomic mass is 9.96. The van der Waals surface area contributed by atoms with Crippen molar-refractivity contribution in [1.29, 1.82) is 0 Å². The normalized spacial score (nSPS) is 21.6. The van der Waals surface area contributed by atoms with Crippen molar-refractivity contribution in [3.8, 4) is 5.75 Å². The standard InChI is InChI=1S/C31H42N4O4/c1-20(2)18-26(35(5)6)30(37)34-27-28(21(3)4)39-24-14-12-22(13-15-24)16-17-32-29(36)25(33-31(27)38)19-23-10-8-7-9-11-23/h7-17,20-21,25-28H,18-19H2,1-6H3,(H,32,36)(H,33,38)(H,34,37)/b17-16-. The van der Waals surface area contributed by atoms with Crippen LogP contribution >= 0.6 is 0 Å². The highest BCUT2D eigenvalue weighted by atomic mass is 16.5. The molecule has 0 aromatic heterocycles. The van der Waals surface area contributed by atoms with E-state index < -0.39 is 30.1 Å². The summed E-state index contributed by atoms with van der Waals surface area (Å²) in [6.45, 7) is 8.01. The number of hydrogen-bond acceptors (Lipinski definition) is 5. The van der Waals surface area contributed by atoms with Crippen molar-refractivity contribution < 1.29 is 19.1 Å². The molecule has 0 fully saturated rings. The largest absolute Gasteiger partial charge is 0.487 e. The summed E-state index contributed by atoms with van der Waals surface area (Å²) in [5.74, 6) is -0.341. The van der Waals surface area contributed by atoms with Gasteiger partial charge in [0.05, 0.1) is 6.04 Å². The van der Waals surface area contributed by atoms with Crippen LogP contribution in [0.5, 0.6) is 5.75 Å². The number of benzene rings is 2. The fraction of sp³-hybridized carbons (Fsp3) is 0.452. The number of ether oxygens (including phenoxy) is 1. The third-order valence-corrected chi connectivity index (χ3v) is 6.76. The van der Waals surface area contributed by atoms with E-state index in [0.717, 1.165) is 11.1 Å². The minimum atomic E-state index is -1.03. The Kier molecular flexibility index (Phi) is 10.7. The van der Waals surface area contributed by atoms with Crippen LogP contribution in [0.3, 0.4) is 0 Å². The lowest BCUT2D eigenvalue weighted by molar-refractivity contribution is -0.136. The second-order valence-corrected chi connectivity index (χ2v) is 11.1. The first-order valence-corrected chi connectivity index (χ1v) is 13.6. The van der Waals surface area contributed by atoms with Crippen molar-refractivity contribution in [2.24, 2.45) is 11.8 Å². The molecule has 39 heavy (non-hydrogen) atoms. The number of carbonyl (C=O) groups excluding carboxylic acids is 3. The Bertz CT molecular complexity index is 1130. The van der Waals surface area contributed by atoms with Gasteiger partial charge in [-0.05, 0) is 61.7 Å². The maximum absolute atomic E-state index is 13.9. The molecule has 3 amide bonds. The summed E-state index contributed by atoms with van der Waals surface area (Å²) in [5.41, 5.74) is 1.79. The summed E-state index contributed by atoms with van der Waals surface area (Å²) >= 11 is 0. The zero-order valence-electron chi connectivity index (χ0n) is 23.8. The van der Waals surface area contributed by atoms with Crippen LogP contribution in [-0.4, -0.2) is 60.9 Å². The van der Waals surface area contributed by atoms with E-state index in [2.05, 4.69) is 29.8 Å². The van der Waals surface area contributed by atoms with Gasteiger partial charge in [-0.15, -0.1) is 0 Å². The predicted molar refractivity (Wildman–Crippen MR) is 154 cm³/mol. The number of nitrogens with zero attached hydrogens (tertiary/aromatic N) is 1. The molecule has 4 unspecified atom stereocenters. The first kappa shape index (κ1) is 29.9. The van der Waals surface area contributed by atoms with Crippen molar-refractivity contribution in [3.63, 3.8) is 0 Å². The lowest BCUT2D eigenvalue weighted by Crippen LogP contribution is -2.62. The van der Waals surface area contributed by atoms with Gasteiger partial charge in [0.25, 0.3) is 0 Å². The molecule has 0 radical (unpaired) electrons. The van der Waals surface area contributed by atoms with Gasteiger partial charge >= 0.3 is 0 Å². The number of nitrogens with one attached hydrogen (secondary N) is 3. The molecule has 8 heteroatoms. The molecule has 2 aliphatic rings. The fourth-order valence-electron chi connectivity index (χ4n) is 4.59. The molecule has 0 spiro atoms. The zero-order valence-corrected chi connectivity index (χ0v) is 23.8. The summed E-state index contributed by atoms with van der Waals surface area (Å²) in [5, 5.41) is 8.71. The van der Waals surface area contributed by atoms with Crippen LogP contribution in [0.1, 0.15) is 45.2 Å². The topological polar surface area (TPSA) is 99.8 Å². The molecule has 2 aromatic carbocycles. The highest BCUT2D eigenvalue weighted by Gasteiger charge is 2.38. The molecule has 8 nitrogen and oxygen atoms in total. The average molecular weight is 535 g/mol. The van der Waals surface area contributed by atoms with E-state index in [4.69, 9.17) is 4.74 Å². The minimum Gasteiger partial charge on any atom is -0.487 e. The molecule has 0 aliphatic carbocycles. The van der Waals surface area contributed by atoms with Crippen molar-refractivity contribution in [1.82, 2.24) is 20.9 Å². The summed E-state index contributed by atoms with van der Waals surface area (Å²) in [6.07, 6.45) is 3.60. The van der Waals surface area contributed by atoms with Crippen molar-refractivity contribution in [3.05, 3.63) is 71.9 Å². The summed E-state index contributed by atoms with van der Waals surface area (Å²) < 4.78 is 6.35. The van der Waals surface area contributed by atoms with Gasteiger partial charge in [-0.25, -0.2) is 0 Å². The highest BCUT2D eigenvalue weighted by Crippen LogP contribution is 2.21. The lowest BCUT2D eigenvalue weighted by Gasteiger charge is -2.34. The number of carbonyl (C=O) groups is 3. The van der Waals surface area contributed by atoms with Crippen LogP contribution in [0.25, 0.3) is 6.08 Å². The Morgan fingerprint density at radius 3 is 2.23 bits per heavy atom. The Morgan fingerprint density at radius 1 is 0.974 bits per heavy atom. The third-order valence-electron chi connectivity index (χ3n) is 6.76. The smallest absolute Gasteiger partial charge is 0.247 e. The summed E-state index contributed by atoms with van der Waals surface area (Å²) in [4.78, 5) is 42.6. The van der Waals surface area contributed by atoms with Gasteiger partial charge in [-0.2, -0.15) is 0 Å². The number of rotatable bonds is 8. The van der Waals surface area contributed by atoms with E-state index >= 15 is 0 Å². The molecular formula is C31H42N4O4. The van der Waals surface area contributed by atoms with Gasteiger partial charge in [0.2, 0.25) is 17.7 Å². The van der Waals surface area contributed by atoms with E-state index in [9.17, 15) is 14.4 Å². The number of amides is 3. The van der Waals surface area contributed by atoms with Gasteiger partial charge in [0.15, 0.2) is 0 Å². The SMILES string of the molecule is CC(C)CC(C(=O)NC1C(=O)NC(Cc2ccccc2)C(=O)N/C=C\c2ccc(cc2)OC1C(C)C)N(C)C. The highest BCUT2D eigenvalue weighted by molar-refractivity contribution is 5.94. The molecule has 2 aromatic rings. The van der Waals surface area contributed by atoms with Gasteiger partial charge in [-0.1, -0.05) is 70.2 Å². The second kappa shape index (κ2) is 13.9. The molecule has 4 atom stereocenters. The van der Waals surface area contributed by atoms with Crippen LogP contribution in [-0.2, 0) is 20.8 Å². The van der Waals surface area contributed by atoms with Crippen LogP contribution in [0.15, 0.2) is 60.8 Å². The van der Waals surface area contributed by atoms with E-state index in [1.54, 1.807) is 12.3 Å². The van der Waals surface area contributed by atoms with Crippen LogP contribution in [0.4, 0.5) is 0 Å². The van der Waals surface area contributed by atoms with Crippen LogP contribution in [0, 0.1) is 11.8 Å². The maximum Gasteiger partial charge on any atom is 0.247 e. The Balaban J connectivity index is 2.01. The first-order chi connectivity index (χ1) is 18.5. The number of hydrogen-bond donors (Lipinski definition) is 3. The van der Waals surface area contributed by atoms with E-state index in [1.165, 1.54) is 0 Å². The predicted octanol–water partition coefficient (Wildman–Crippen LogP) is 3.38. The fourth-order valence-corrected chi connectivity index (χ4v) is 4.59. The molecule has 0 saturated carbocycles. The molecule has 2 aliphatic heterocycles. The van der Waals surface area contributed by atoms with Crippen LogP contribution in [0.2, 0.25) is 0 Å². The Hall–Kier alpha value is -3.65. The molecule has 2 bridgehead atoms. The van der Waals surface area contributed by atoms with Gasteiger partial charge in [-0.3, -0.25) is 19.3 Å². The summed E-state index contributed by atoms with van der Waals surface area (Å²) in [7, 11) is 3.71. The summed E-state index contributed by atoms with van der Waals surface area (Å²) in [6, 6.07) is 14.6. The molecule has 2 heterocycles. The molecule has 3 N–H and O–H groups in total. The van der Waals surface area contributed by atoms with Gasteiger partial charge in [0, 0.05) is 12.6 Å². The van der Waals surface area contributed by atoms with Crippen LogP contribution < -0.4 is 20.7 Å². The molecule has 0 saturated heterocycles. The molecular weight excluding hydrogens is 492 g/mol. The van der Waals surface area contributed by atoms with E-state index in [-0.39, 0.29) is 23.7 Å². The Morgan fingerprint density at radius 2 is 1.64 bits per heavy atom. The second-order valence-electron chi connectivity index (χ2n) is 11.1. The minimum absolute atomic E-state index is 0.127.